The predicted octanol–water partition coefficient (Wildman–Crippen LogP) is 3.40. The molecule has 0 bridgehead atoms. The Balaban J connectivity index is 1.90. The van der Waals surface area contributed by atoms with Crippen LogP contribution in [-0.2, 0) is 14.8 Å². The second-order valence-corrected chi connectivity index (χ2v) is 9.42. The predicted molar refractivity (Wildman–Crippen MR) is 111 cm³/mol. The Morgan fingerprint density at radius 3 is 2.69 bits per heavy atom. The number of morpholine rings is 1. The lowest BCUT2D eigenvalue weighted by Crippen LogP contribution is -2.55. The zero-order valence-electron chi connectivity index (χ0n) is 16.4. The highest BCUT2D eigenvalue weighted by atomic mass is 35.5. The van der Waals surface area contributed by atoms with Gasteiger partial charge in [0.25, 0.3) is 15.9 Å². The highest BCUT2D eigenvalue weighted by Crippen LogP contribution is 2.30. The maximum absolute atomic E-state index is 13.0. The molecule has 1 heterocycles. The SMILES string of the molecule is COc1ccc(Cl)cc1NS(=O)(=O)c1cccc(C(=O)N2CCOCC2(C)C)c1. The fraction of sp³-hybridized carbons (Fsp3) is 0.350. The van der Waals surface area contributed by atoms with E-state index in [1.165, 1.54) is 25.3 Å². The molecule has 1 aliphatic rings. The normalized spacial score (nSPS) is 16.3. The average Bonchev–Trinajstić information content (AvgIpc) is 2.67. The molecule has 7 nitrogen and oxygen atoms in total. The van der Waals surface area contributed by atoms with Crippen LogP contribution >= 0.6 is 11.6 Å². The number of carbonyl (C=O) groups excluding carboxylic acids is 1. The molecule has 1 N–H and O–H groups in total. The molecule has 2 aromatic carbocycles. The van der Waals surface area contributed by atoms with Gasteiger partial charge in [-0.05, 0) is 50.2 Å². The standard InChI is InChI=1S/C20H23ClN2O5S/c1-20(2)13-28-10-9-23(20)19(24)14-5-4-6-16(11-14)29(25,26)22-17-12-15(21)7-8-18(17)27-3/h4-8,11-12,22H,9-10,13H2,1-3H3. The van der Waals surface area contributed by atoms with Crippen LogP contribution in [0.1, 0.15) is 24.2 Å². The Labute approximate surface area is 175 Å². The first-order chi connectivity index (χ1) is 13.6. The molecule has 2 aromatic rings. The molecule has 0 radical (unpaired) electrons. The lowest BCUT2D eigenvalue weighted by atomic mass is 10.0. The summed E-state index contributed by atoms with van der Waals surface area (Å²) in [6, 6.07) is 10.6. The van der Waals surface area contributed by atoms with Crippen molar-refractivity contribution in [1.82, 2.24) is 4.90 Å². The number of benzene rings is 2. The fourth-order valence-electron chi connectivity index (χ4n) is 3.15. The number of sulfonamides is 1. The van der Waals surface area contributed by atoms with Gasteiger partial charge in [-0.2, -0.15) is 0 Å². The van der Waals surface area contributed by atoms with Crippen molar-refractivity contribution in [3.05, 3.63) is 53.1 Å². The first kappa shape index (κ1) is 21.4. The molecular weight excluding hydrogens is 416 g/mol. The van der Waals surface area contributed by atoms with Crippen molar-refractivity contribution >= 4 is 33.2 Å². The third kappa shape index (κ3) is 4.66. The Hall–Kier alpha value is -2.29. The van der Waals surface area contributed by atoms with Crippen LogP contribution in [0, 0.1) is 0 Å². The molecule has 156 valence electrons. The number of rotatable bonds is 5. The monoisotopic (exact) mass is 438 g/mol. The number of methoxy groups -OCH3 is 1. The van der Waals surface area contributed by atoms with E-state index < -0.39 is 15.6 Å². The van der Waals surface area contributed by atoms with Crippen LogP contribution in [0.25, 0.3) is 0 Å². The summed E-state index contributed by atoms with van der Waals surface area (Å²) in [6.45, 7) is 5.14. The minimum Gasteiger partial charge on any atom is -0.495 e. The number of ether oxygens (including phenoxy) is 2. The van der Waals surface area contributed by atoms with Crippen molar-refractivity contribution in [1.29, 1.82) is 0 Å². The Morgan fingerprint density at radius 1 is 1.24 bits per heavy atom. The van der Waals surface area contributed by atoms with E-state index in [0.29, 0.717) is 36.1 Å². The van der Waals surface area contributed by atoms with Gasteiger partial charge in [0.05, 0.1) is 36.4 Å². The van der Waals surface area contributed by atoms with Crippen LogP contribution in [0.5, 0.6) is 5.75 Å². The second-order valence-electron chi connectivity index (χ2n) is 7.30. The number of anilines is 1. The van der Waals surface area contributed by atoms with Gasteiger partial charge >= 0.3 is 0 Å². The Bertz CT molecular complexity index is 1020. The summed E-state index contributed by atoms with van der Waals surface area (Å²) in [5.41, 5.74) is 0.0309. The van der Waals surface area contributed by atoms with E-state index in [9.17, 15) is 13.2 Å². The van der Waals surface area contributed by atoms with E-state index in [4.69, 9.17) is 21.1 Å². The molecule has 0 saturated carbocycles. The van der Waals surface area contributed by atoms with Gasteiger partial charge in [0, 0.05) is 17.1 Å². The number of hydrogen-bond donors (Lipinski definition) is 1. The number of carbonyl (C=O) groups is 1. The zero-order valence-corrected chi connectivity index (χ0v) is 18.0. The van der Waals surface area contributed by atoms with Gasteiger partial charge in [0.1, 0.15) is 5.75 Å². The molecule has 1 amide bonds. The molecule has 0 atom stereocenters. The highest BCUT2D eigenvalue weighted by molar-refractivity contribution is 7.92. The van der Waals surface area contributed by atoms with Crippen LogP contribution in [-0.4, -0.2) is 51.6 Å². The molecule has 3 rings (SSSR count). The Morgan fingerprint density at radius 2 is 2.00 bits per heavy atom. The van der Waals surface area contributed by atoms with Gasteiger partial charge in [-0.25, -0.2) is 8.42 Å². The van der Waals surface area contributed by atoms with Gasteiger partial charge in [0.2, 0.25) is 0 Å². The maximum atomic E-state index is 13.0. The number of hydrogen-bond acceptors (Lipinski definition) is 5. The summed E-state index contributed by atoms with van der Waals surface area (Å²) in [6.07, 6.45) is 0. The maximum Gasteiger partial charge on any atom is 0.262 e. The summed E-state index contributed by atoms with van der Waals surface area (Å²) < 4.78 is 38.9. The summed E-state index contributed by atoms with van der Waals surface area (Å²) in [5.74, 6) is 0.0935. The molecule has 29 heavy (non-hydrogen) atoms. The second kappa shape index (κ2) is 8.22. The van der Waals surface area contributed by atoms with Gasteiger partial charge in [0.15, 0.2) is 0 Å². The first-order valence-corrected chi connectivity index (χ1v) is 10.9. The first-order valence-electron chi connectivity index (χ1n) is 9.00. The van der Waals surface area contributed by atoms with E-state index in [-0.39, 0.29) is 16.5 Å². The molecule has 1 fully saturated rings. The molecule has 0 aromatic heterocycles. The number of halogens is 1. The molecular formula is C20H23ClN2O5S. The third-order valence-corrected chi connectivity index (χ3v) is 6.29. The van der Waals surface area contributed by atoms with Crippen molar-refractivity contribution in [2.45, 2.75) is 24.3 Å². The van der Waals surface area contributed by atoms with Crippen LogP contribution in [0.4, 0.5) is 5.69 Å². The lowest BCUT2D eigenvalue weighted by Gasteiger charge is -2.42. The van der Waals surface area contributed by atoms with E-state index in [2.05, 4.69) is 4.72 Å². The van der Waals surface area contributed by atoms with Gasteiger partial charge < -0.3 is 14.4 Å². The van der Waals surface area contributed by atoms with Gasteiger partial charge in [-0.3, -0.25) is 9.52 Å². The summed E-state index contributed by atoms with van der Waals surface area (Å²) in [7, 11) is -2.53. The highest BCUT2D eigenvalue weighted by Gasteiger charge is 2.34. The minimum atomic E-state index is -3.96. The molecule has 0 unspecified atom stereocenters. The molecule has 9 heteroatoms. The molecule has 1 saturated heterocycles. The topological polar surface area (TPSA) is 84.9 Å². The quantitative estimate of drug-likeness (QED) is 0.773. The zero-order chi connectivity index (χ0) is 21.2. The van der Waals surface area contributed by atoms with E-state index in [0.717, 1.165) is 0 Å². The number of amides is 1. The number of nitrogens with one attached hydrogen (secondary N) is 1. The van der Waals surface area contributed by atoms with Crippen molar-refractivity contribution in [2.24, 2.45) is 0 Å². The van der Waals surface area contributed by atoms with Crippen molar-refractivity contribution in [2.75, 3.05) is 31.6 Å². The lowest BCUT2D eigenvalue weighted by molar-refractivity contribution is -0.0370. The minimum absolute atomic E-state index is 0.0311. The fourth-order valence-corrected chi connectivity index (χ4v) is 4.43. The average molecular weight is 439 g/mol. The van der Waals surface area contributed by atoms with Crippen LogP contribution in [0.3, 0.4) is 0 Å². The van der Waals surface area contributed by atoms with E-state index in [1.807, 2.05) is 13.8 Å². The van der Waals surface area contributed by atoms with Crippen LogP contribution in [0.15, 0.2) is 47.4 Å². The van der Waals surface area contributed by atoms with E-state index >= 15 is 0 Å². The van der Waals surface area contributed by atoms with Crippen molar-refractivity contribution in [3.8, 4) is 5.75 Å². The smallest absolute Gasteiger partial charge is 0.262 e. The molecule has 1 aliphatic heterocycles. The van der Waals surface area contributed by atoms with Gasteiger partial charge in [-0.15, -0.1) is 0 Å². The van der Waals surface area contributed by atoms with E-state index in [1.54, 1.807) is 29.2 Å². The van der Waals surface area contributed by atoms with Crippen molar-refractivity contribution in [3.63, 3.8) is 0 Å². The summed E-state index contributed by atoms with van der Waals surface area (Å²) >= 11 is 5.98. The molecule has 0 aliphatic carbocycles. The molecule has 0 spiro atoms. The van der Waals surface area contributed by atoms with Gasteiger partial charge in [-0.1, -0.05) is 17.7 Å². The van der Waals surface area contributed by atoms with Crippen LogP contribution < -0.4 is 9.46 Å². The summed E-state index contributed by atoms with van der Waals surface area (Å²) in [4.78, 5) is 14.7. The number of nitrogens with zero attached hydrogens (tertiary/aromatic N) is 1. The largest absolute Gasteiger partial charge is 0.495 e. The van der Waals surface area contributed by atoms with Crippen LogP contribution in [0.2, 0.25) is 5.02 Å². The summed E-state index contributed by atoms with van der Waals surface area (Å²) in [5, 5.41) is 0.363. The Kier molecular flexibility index (Phi) is 6.07. The van der Waals surface area contributed by atoms with Crippen molar-refractivity contribution < 1.29 is 22.7 Å². The third-order valence-electron chi connectivity index (χ3n) is 4.69.